The molecule has 2 aromatic heterocycles. The Kier molecular flexibility index (Phi) is 4.24. The van der Waals surface area contributed by atoms with Gasteiger partial charge in [-0.3, -0.25) is 4.79 Å². The molecule has 0 aliphatic carbocycles. The van der Waals surface area contributed by atoms with E-state index in [4.69, 9.17) is 0 Å². The van der Waals surface area contributed by atoms with Crippen molar-refractivity contribution in [3.63, 3.8) is 0 Å². The lowest BCUT2D eigenvalue weighted by Crippen LogP contribution is -2.20. The standard InChI is InChI=1S/C21H21N5O/c1-14-21(15(2)26(24-14)17-9-5-4-6-10-17)23-20(27)13-25-16(3)22-18-11-7-8-12-19(18)25/h4-12H,13H2,1-3H3,(H,23,27). The lowest BCUT2D eigenvalue weighted by Gasteiger charge is -2.09. The third-order valence-electron chi connectivity index (χ3n) is 4.70. The van der Waals surface area contributed by atoms with Crippen LogP contribution in [0.25, 0.3) is 16.7 Å². The highest BCUT2D eigenvalue weighted by atomic mass is 16.2. The van der Waals surface area contributed by atoms with Crippen LogP contribution in [0.1, 0.15) is 17.2 Å². The first kappa shape index (κ1) is 17.0. The fourth-order valence-electron chi connectivity index (χ4n) is 3.36. The van der Waals surface area contributed by atoms with Gasteiger partial charge in [-0.2, -0.15) is 5.10 Å². The van der Waals surface area contributed by atoms with Crippen LogP contribution in [0.5, 0.6) is 0 Å². The Morgan fingerprint density at radius 1 is 1.00 bits per heavy atom. The number of carbonyl (C=O) groups is 1. The molecule has 0 aliphatic rings. The molecule has 0 radical (unpaired) electrons. The largest absolute Gasteiger partial charge is 0.321 e. The highest BCUT2D eigenvalue weighted by Crippen LogP contribution is 2.23. The molecule has 2 aromatic carbocycles. The quantitative estimate of drug-likeness (QED) is 0.603. The number of nitrogens with one attached hydrogen (secondary N) is 1. The number of anilines is 1. The van der Waals surface area contributed by atoms with Gasteiger partial charge >= 0.3 is 0 Å². The van der Waals surface area contributed by atoms with Gasteiger partial charge in [-0.25, -0.2) is 9.67 Å². The van der Waals surface area contributed by atoms with Crippen molar-refractivity contribution in [2.45, 2.75) is 27.3 Å². The van der Waals surface area contributed by atoms with Crippen molar-refractivity contribution < 1.29 is 4.79 Å². The van der Waals surface area contributed by atoms with Crippen molar-refractivity contribution in [1.29, 1.82) is 0 Å². The zero-order chi connectivity index (χ0) is 19.0. The highest BCUT2D eigenvalue weighted by molar-refractivity contribution is 5.93. The van der Waals surface area contributed by atoms with Crippen LogP contribution in [-0.4, -0.2) is 25.2 Å². The average molecular weight is 359 g/mol. The number of fused-ring (bicyclic) bond motifs is 1. The van der Waals surface area contributed by atoms with Crippen molar-refractivity contribution >= 4 is 22.6 Å². The van der Waals surface area contributed by atoms with Gasteiger partial charge in [0.2, 0.25) is 5.91 Å². The minimum absolute atomic E-state index is 0.0972. The monoisotopic (exact) mass is 359 g/mol. The molecule has 6 heteroatoms. The van der Waals surface area contributed by atoms with E-state index in [1.807, 2.05) is 84.6 Å². The number of amides is 1. The fourth-order valence-corrected chi connectivity index (χ4v) is 3.36. The van der Waals surface area contributed by atoms with E-state index in [0.717, 1.165) is 39.6 Å². The van der Waals surface area contributed by atoms with Crippen LogP contribution in [0.3, 0.4) is 0 Å². The minimum Gasteiger partial charge on any atom is -0.321 e. The van der Waals surface area contributed by atoms with E-state index in [1.54, 1.807) is 0 Å². The summed E-state index contributed by atoms with van der Waals surface area (Å²) in [5.41, 5.74) is 5.27. The molecule has 0 aliphatic heterocycles. The van der Waals surface area contributed by atoms with Gasteiger partial charge in [0, 0.05) is 0 Å². The van der Waals surface area contributed by atoms with E-state index in [1.165, 1.54) is 0 Å². The smallest absolute Gasteiger partial charge is 0.244 e. The zero-order valence-corrected chi connectivity index (χ0v) is 15.6. The summed E-state index contributed by atoms with van der Waals surface area (Å²) in [5, 5.41) is 7.61. The van der Waals surface area contributed by atoms with Crippen LogP contribution in [0.2, 0.25) is 0 Å². The molecule has 4 rings (SSSR count). The number of hydrogen-bond acceptors (Lipinski definition) is 3. The van der Waals surface area contributed by atoms with E-state index >= 15 is 0 Å². The predicted octanol–water partition coefficient (Wildman–Crippen LogP) is 3.79. The van der Waals surface area contributed by atoms with Crippen molar-refractivity contribution in [1.82, 2.24) is 19.3 Å². The Labute approximate surface area is 157 Å². The number of nitrogens with zero attached hydrogens (tertiary/aromatic N) is 4. The Bertz CT molecular complexity index is 1120. The molecule has 136 valence electrons. The molecule has 0 saturated carbocycles. The normalized spacial score (nSPS) is 11.1. The summed E-state index contributed by atoms with van der Waals surface area (Å²) in [6.07, 6.45) is 0. The number of imidazole rings is 1. The molecule has 0 spiro atoms. The molecule has 0 fully saturated rings. The van der Waals surface area contributed by atoms with Gasteiger partial charge < -0.3 is 9.88 Å². The Morgan fingerprint density at radius 2 is 1.70 bits per heavy atom. The summed E-state index contributed by atoms with van der Waals surface area (Å²) >= 11 is 0. The number of hydrogen-bond donors (Lipinski definition) is 1. The molecule has 0 saturated heterocycles. The summed E-state index contributed by atoms with van der Waals surface area (Å²) in [4.78, 5) is 17.2. The van der Waals surface area contributed by atoms with Crippen molar-refractivity contribution in [3.05, 3.63) is 71.8 Å². The molecular formula is C21H21N5O. The van der Waals surface area contributed by atoms with Crippen molar-refractivity contribution in [3.8, 4) is 5.69 Å². The Morgan fingerprint density at radius 3 is 2.48 bits per heavy atom. The van der Waals surface area contributed by atoms with E-state index < -0.39 is 0 Å². The van der Waals surface area contributed by atoms with Gasteiger partial charge in [0.1, 0.15) is 12.4 Å². The third kappa shape index (κ3) is 3.10. The second-order valence-corrected chi connectivity index (χ2v) is 6.58. The highest BCUT2D eigenvalue weighted by Gasteiger charge is 2.17. The predicted molar refractivity (Wildman–Crippen MR) is 106 cm³/mol. The van der Waals surface area contributed by atoms with Crippen LogP contribution in [0.15, 0.2) is 54.6 Å². The number of aryl methyl sites for hydroxylation is 2. The molecule has 6 nitrogen and oxygen atoms in total. The van der Waals surface area contributed by atoms with Crippen molar-refractivity contribution in [2.24, 2.45) is 0 Å². The zero-order valence-electron chi connectivity index (χ0n) is 15.6. The van der Waals surface area contributed by atoms with E-state index in [9.17, 15) is 4.79 Å². The lowest BCUT2D eigenvalue weighted by molar-refractivity contribution is -0.116. The van der Waals surface area contributed by atoms with Gasteiger partial charge in [-0.15, -0.1) is 0 Å². The Balaban J connectivity index is 1.60. The van der Waals surface area contributed by atoms with Crippen molar-refractivity contribution in [2.75, 3.05) is 5.32 Å². The van der Waals surface area contributed by atoms with Crippen LogP contribution in [0, 0.1) is 20.8 Å². The second kappa shape index (κ2) is 6.72. The van der Waals surface area contributed by atoms with Gasteiger partial charge in [0.05, 0.1) is 33.8 Å². The van der Waals surface area contributed by atoms with Gasteiger partial charge in [-0.05, 0) is 45.0 Å². The number of rotatable bonds is 4. The summed E-state index contributed by atoms with van der Waals surface area (Å²) in [5.74, 6) is 0.722. The molecule has 0 atom stereocenters. The molecule has 2 heterocycles. The average Bonchev–Trinajstić information content (AvgIpc) is 3.13. The summed E-state index contributed by atoms with van der Waals surface area (Å²) in [6.45, 7) is 5.99. The van der Waals surface area contributed by atoms with E-state index in [-0.39, 0.29) is 12.5 Å². The van der Waals surface area contributed by atoms with Gasteiger partial charge in [0.25, 0.3) is 0 Å². The van der Waals surface area contributed by atoms with Crippen LogP contribution < -0.4 is 5.32 Å². The summed E-state index contributed by atoms with van der Waals surface area (Å²) < 4.78 is 3.78. The first-order valence-electron chi connectivity index (χ1n) is 8.88. The van der Waals surface area contributed by atoms with Crippen LogP contribution in [0.4, 0.5) is 5.69 Å². The fraction of sp³-hybridized carbons (Fsp3) is 0.190. The van der Waals surface area contributed by atoms with Gasteiger partial charge in [0.15, 0.2) is 0 Å². The van der Waals surface area contributed by atoms with E-state index in [2.05, 4.69) is 15.4 Å². The summed E-state index contributed by atoms with van der Waals surface area (Å²) in [7, 11) is 0. The number of aromatic nitrogens is 4. The van der Waals surface area contributed by atoms with Crippen LogP contribution in [-0.2, 0) is 11.3 Å². The number of para-hydroxylation sites is 3. The third-order valence-corrected chi connectivity index (χ3v) is 4.70. The number of benzene rings is 2. The maximum atomic E-state index is 12.7. The molecule has 1 N–H and O–H groups in total. The topological polar surface area (TPSA) is 64.7 Å². The SMILES string of the molecule is Cc1nn(-c2ccccc2)c(C)c1NC(=O)Cn1c(C)nc2ccccc21. The number of carbonyl (C=O) groups excluding carboxylic acids is 1. The molecule has 4 aromatic rings. The lowest BCUT2D eigenvalue weighted by atomic mass is 10.3. The molecule has 1 amide bonds. The minimum atomic E-state index is -0.0972. The van der Waals surface area contributed by atoms with Crippen LogP contribution >= 0.6 is 0 Å². The first-order valence-corrected chi connectivity index (χ1v) is 8.88. The maximum absolute atomic E-state index is 12.7. The first-order chi connectivity index (χ1) is 13.0. The summed E-state index contributed by atoms with van der Waals surface area (Å²) in [6, 6.07) is 17.7. The maximum Gasteiger partial charge on any atom is 0.244 e. The molecule has 0 bridgehead atoms. The molecular weight excluding hydrogens is 338 g/mol. The second-order valence-electron chi connectivity index (χ2n) is 6.58. The Hall–Kier alpha value is -3.41. The van der Waals surface area contributed by atoms with Gasteiger partial charge in [-0.1, -0.05) is 30.3 Å². The molecule has 0 unspecified atom stereocenters. The van der Waals surface area contributed by atoms with E-state index in [0.29, 0.717) is 0 Å². The molecule has 27 heavy (non-hydrogen) atoms.